The normalized spacial score (nSPS) is 21.0. The number of nitrogens with one attached hydrogen (secondary N) is 1. The van der Waals surface area contributed by atoms with E-state index < -0.39 is 0 Å². The first-order valence-electron chi connectivity index (χ1n) is 6.47. The summed E-state index contributed by atoms with van der Waals surface area (Å²) in [5.41, 5.74) is 0. The Labute approximate surface area is 95.4 Å². The largest absolute Gasteiger partial charge is 0.317 e. The molecule has 15 heavy (non-hydrogen) atoms. The lowest BCUT2D eigenvalue weighted by Crippen LogP contribution is -2.41. The van der Waals surface area contributed by atoms with Gasteiger partial charge < -0.3 is 5.32 Å². The Morgan fingerprint density at radius 1 is 1.20 bits per heavy atom. The molecule has 1 aliphatic rings. The second-order valence-corrected chi connectivity index (χ2v) is 5.60. The first-order chi connectivity index (χ1) is 7.04. The molecule has 0 aromatic heterocycles. The summed E-state index contributed by atoms with van der Waals surface area (Å²) >= 11 is 0. The van der Waals surface area contributed by atoms with Gasteiger partial charge in [0.05, 0.1) is 0 Å². The molecule has 0 aliphatic heterocycles. The Hall–Kier alpha value is -0.0800. The SMILES string of the molecule is CNC(C)CC(C)N(CC(C)C)C1CC1. The van der Waals surface area contributed by atoms with Gasteiger partial charge in [0.2, 0.25) is 0 Å². The molecule has 1 fully saturated rings. The lowest BCUT2D eigenvalue weighted by molar-refractivity contribution is 0.161. The number of hydrogen-bond acceptors (Lipinski definition) is 2. The summed E-state index contributed by atoms with van der Waals surface area (Å²) < 4.78 is 0. The molecule has 2 heteroatoms. The summed E-state index contributed by atoms with van der Waals surface area (Å²) in [7, 11) is 2.06. The zero-order valence-corrected chi connectivity index (χ0v) is 11.1. The third-order valence-electron chi connectivity index (χ3n) is 3.35. The van der Waals surface area contributed by atoms with Gasteiger partial charge in [0.25, 0.3) is 0 Å². The predicted molar refractivity (Wildman–Crippen MR) is 67.2 cm³/mol. The van der Waals surface area contributed by atoms with E-state index in [4.69, 9.17) is 0 Å². The Balaban J connectivity index is 2.40. The molecule has 2 nitrogen and oxygen atoms in total. The minimum Gasteiger partial charge on any atom is -0.317 e. The number of hydrogen-bond donors (Lipinski definition) is 1. The van der Waals surface area contributed by atoms with Crippen LogP contribution in [0.4, 0.5) is 0 Å². The van der Waals surface area contributed by atoms with Crippen LogP contribution in [-0.2, 0) is 0 Å². The highest BCUT2D eigenvalue weighted by Gasteiger charge is 2.32. The van der Waals surface area contributed by atoms with E-state index in [1.165, 1.54) is 25.8 Å². The molecular formula is C13H28N2. The van der Waals surface area contributed by atoms with E-state index in [1.807, 2.05) is 0 Å². The smallest absolute Gasteiger partial charge is 0.00993 e. The average molecular weight is 212 g/mol. The number of nitrogens with zero attached hydrogens (tertiary/aromatic N) is 1. The molecule has 2 unspecified atom stereocenters. The van der Waals surface area contributed by atoms with E-state index in [2.05, 4.69) is 45.0 Å². The van der Waals surface area contributed by atoms with Crippen LogP contribution in [0, 0.1) is 5.92 Å². The van der Waals surface area contributed by atoms with E-state index in [0.29, 0.717) is 6.04 Å². The van der Waals surface area contributed by atoms with Crippen LogP contribution >= 0.6 is 0 Å². The van der Waals surface area contributed by atoms with E-state index in [0.717, 1.165) is 18.0 Å². The van der Waals surface area contributed by atoms with E-state index in [1.54, 1.807) is 0 Å². The molecule has 1 aliphatic carbocycles. The monoisotopic (exact) mass is 212 g/mol. The van der Waals surface area contributed by atoms with E-state index in [9.17, 15) is 0 Å². The van der Waals surface area contributed by atoms with Crippen molar-refractivity contribution in [2.75, 3.05) is 13.6 Å². The fraction of sp³-hybridized carbons (Fsp3) is 1.00. The van der Waals surface area contributed by atoms with Crippen LogP contribution in [-0.4, -0.2) is 36.6 Å². The Morgan fingerprint density at radius 3 is 2.20 bits per heavy atom. The summed E-state index contributed by atoms with van der Waals surface area (Å²) in [6.07, 6.45) is 4.11. The van der Waals surface area contributed by atoms with Crippen molar-refractivity contribution in [3.8, 4) is 0 Å². The zero-order chi connectivity index (χ0) is 11.4. The van der Waals surface area contributed by atoms with Crippen LogP contribution < -0.4 is 5.32 Å². The minimum atomic E-state index is 0.633. The molecule has 0 amide bonds. The van der Waals surface area contributed by atoms with Crippen molar-refractivity contribution in [1.82, 2.24) is 10.2 Å². The molecule has 0 aromatic rings. The van der Waals surface area contributed by atoms with Gasteiger partial charge in [0.1, 0.15) is 0 Å². The van der Waals surface area contributed by atoms with Gasteiger partial charge in [0.15, 0.2) is 0 Å². The lowest BCUT2D eigenvalue weighted by atomic mass is 10.1. The molecule has 2 atom stereocenters. The van der Waals surface area contributed by atoms with Crippen molar-refractivity contribution in [3.05, 3.63) is 0 Å². The molecule has 90 valence electrons. The van der Waals surface area contributed by atoms with Crippen LogP contribution in [0.5, 0.6) is 0 Å². The zero-order valence-electron chi connectivity index (χ0n) is 11.1. The van der Waals surface area contributed by atoms with Gasteiger partial charge >= 0.3 is 0 Å². The second-order valence-electron chi connectivity index (χ2n) is 5.60. The summed E-state index contributed by atoms with van der Waals surface area (Å²) in [6, 6.07) is 2.25. The Bertz CT molecular complexity index is 175. The summed E-state index contributed by atoms with van der Waals surface area (Å²) in [4.78, 5) is 2.72. The molecule has 1 N–H and O–H groups in total. The molecule has 0 heterocycles. The van der Waals surface area contributed by atoms with Crippen LogP contribution in [0.1, 0.15) is 47.0 Å². The van der Waals surface area contributed by atoms with Crippen molar-refractivity contribution in [1.29, 1.82) is 0 Å². The molecule has 0 aromatic carbocycles. The molecule has 1 saturated carbocycles. The maximum absolute atomic E-state index is 3.34. The average Bonchev–Trinajstić information content (AvgIpc) is 2.96. The van der Waals surface area contributed by atoms with Crippen LogP contribution in [0.15, 0.2) is 0 Å². The molecule has 0 bridgehead atoms. The second kappa shape index (κ2) is 5.86. The highest BCUT2D eigenvalue weighted by Crippen LogP contribution is 2.30. The van der Waals surface area contributed by atoms with Crippen molar-refractivity contribution in [3.63, 3.8) is 0 Å². The van der Waals surface area contributed by atoms with Crippen molar-refractivity contribution < 1.29 is 0 Å². The summed E-state index contributed by atoms with van der Waals surface area (Å²) in [5, 5.41) is 3.34. The predicted octanol–water partition coefficient (Wildman–Crippen LogP) is 2.49. The quantitative estimate of drug-likeness (QED) is 0.697. The summed E-state index contributed by atoms with van der Waals surface area (Å²) in [6.45, 7) is 10.6. The topological polar surface area (TPSA) is 15.3 Å². The van der Waals surface area contributed by atoms with Gasteiger partial charge in [-0.05, 0) is 46.1 Å². The van der Waals surface area contributed by atoms with E-state index >= 15 is 0 Å². The fourth-order valence-corrected chi connectivity index (χ4v) is 2.28. The first-order valence-corrected chi connectivity index (χ1v) is 6.47. The molecule has 0 saturated heterocycles. The molecule has 1 rings (SSSR count). The lowest BCUT2D eigenvalue weighted by Gasteiger charge is -2.32. The highest BCUT2D eigenvalue weighted by molar-refractivity contribution is 4.88. The standard InChI is InChI=1S/C13H28N2/c1-10(2)9-15(13-6-7-13)12(4)8-11(3)14-5/h10-14H,6-9H2,1-5H3. The van der Waals surface area contributed by atoms with Crippen molar-refractivity contribution in [2.24, 2.45) is 5.92 Å². The molecule has 0 radical (unpaired) electrons. The maximum atomic E-state index is 3.34. The van der Waals surface area contributed by atoms with Crippen LogP contribution in [0.2, 0.25) is 0 Å². The van der Waals surface area contributed by atoms with Gasteiger partial charge in [-0.15, -0.1) is 0 Å². The van der Waals surface area contributed by atoms with E-state index in [-0.39, 0.29) is 0 Å². The van der Waals surface area contributed by atoms with Gasteiger partial charge in [-0.2, -0.15) is 0 Å². The van der Waals surface area contributed by atoms with Gasteiger partial charge in [-0.1, -0.05) is 13.8 Å². The third-order valence-corrected chi connectivity index (χ3v) is 3.35. The number of rotatable bonds is 7. The Kier molecular flexibility index (Phi) is 5.07. The first kappa shape index (κ1) is 13.0. The van der Waals surface area contributed by atoms with Crippen molar-refractivity contribution in [2.45, 2.75) is 65.1 Å². The third kappa shape index (κ3) is 4.52. The fourth-order valence-electron chi connectivity index (χ4n) is 2.28. The molecular weight excluding hydrogens is 184 g/mol. The van der Waals surface area contributed by atoms with Crippen LogP contribution in [0.3, 0.4) is 0 Å². The molecule has 0 spiro atoms. The van der Waals surface area contributed by atoms with Gasteiger partial charge in [0, 0.05) is 24.7 Å². The van der Waals surface area contributed by atoms with Gasteiger partial charge in [-0.3, -0.25) is 4.90 Å². The van der Waals surface area contributed by atoms with Crippen molar-refractivity contribution >= 4 is 0 Å². The minimum absolute atomic E-state index is 0.633. The Morgan fingerprint density at radius 2 is 1.80 bits per heavy atom. The van der Waals surface area contributed by atoms with Crippen LogP contribution in [0.25, 0.3) is 0 Å². The van der Waals surface area contributed by atoms with Gasteiger partial charge in [-0.25, -0.2) is 0 Å². The highest BCUT2D eigenvalue weighted by atomic mass is 15.2. The maximum Gasteiger partial charge on any atom is 0.00993 e. The summed E-state index contributed by atoms with van der Waals surface area (Å²) in [5.74, 6) is 0.790.